The molecule has 5 nitrogen and oxygen atoms in total. The normalized spacial score (nSPS) is 11.2. The standard InChI is InChI=1S/C16H18N4O/c1-12(2)17-10-16-18-9-15(21-16)13-8-19-20(11-13)14-6-4-3-5-7-14/h3-9,11-12,17H,10H2,1-2H3. The lowest BCUT2D eigenvalue weighted by Gasteiger charge is -2.03. The number of nitrogens with zero attached hydrogens (tertiary/aromatic N) is 3. The van der Waals surface area contributed by atoms with Crippen LogP contribution in [0.3, 0.4) is 0 Å². The fourth-order valence-electron chi connectivity index (χ4n) is 1.99. The van der Waals surface area contributed by atoms with Gasteiger partial charge in [0.1, 0.15) is 0 Å². The van der Waals surface area contributed by atoms with Gasteiger partial charge in [0.05, 0.1) is 30.2 Å². The minimum Gasteiger partial charge on any atom is -0.439 e. The molecule has 108 valence electrons. The molecule has 0 aliphatic rings. The van der Waals surface area contributed by atoms with Crippen molar-refractivity contribution in [3.8, 4) is 17.0 Å². The van der Waals surface area contributed by atoms with Crippen molar-refractivity contribution < 1.29 is 4.42 Å². The topological polar surface area (TPSA) is 55.9 Å². The van der Waals surface area contributed by atoms with Crippen molar-refractivity contribution >= 4 is 0 Å². The average Bonchev–Trinajstić information content (AvgIpc) is 3.15. The van der Waals surface area contributed by atoms with Crippen molar-refractivity contribution in [3.63, 3.8) is 0 Å². The van der Waals surface area contributed by atoms with Crippen LogP contribution in [0.5, 0.6) is 0 Å². The van der Waals surface area contributed by atoms with Gasteiger partial charge >= 0.3 is 0 Å². The monoisotopic (exact) mass is 282 g/mol. The molecule has 0 aliphatic heterocycles. The quantitative estimate of drug-likeness (QED) is 0.781. The smallest absolute Gasteiger partial charge is 0.208 e. The molecule has 0 saturated heterocycles. The van der Waals surface area contributed by atoms with Crippen LogP contribution >= 0.6 is 0 Å². The highest BCUT2D eigenvalue weighted by atomic mass is 16.4. The first-order valence-corrected chi connectivity index (χ1v) is 7.01. The Balaban J connectivity index is 1.77. The van der Waals surface area contributed by atoms with Crippen LogP contribution < -0.4 is 5.32 Å². The third-order valence-electron chi connectivity index (χ3n) is 3.10. The Labute approximate surface area is 123 Å². The molecule has 0 unspecified atom stereocenters. The number of benzene rings is 1. The van der Waals surface area contributed by atoms with E-state index in [1.54, 1.807) is 12.4 Å². The Morgan fingerprint density at radius 1 is 1.19 bits per heavy atom. The van der Waals surface area contributed by atoms with E-state index in [1.807, 2.05) is 41.2 Å². The first-order valence-electron chi connectivity index (χ1n) is 7.01. The fraction of sp³-hybridized carbons (Fsp3) is 0.250. The summed E-state index contributed by atoms with van der Waals surface area (Å²) in [6.45, 7) is 4.81. The zero-order valence-electron chi connectivity index (χ0n) is 12.2. The van der Waals surface area contributed by atoms with Gasteiger partial charge in [-0.2, -0.15) is 5.10 Å². The average molecular weight is 282 g/mol. The van der Waals surface area contributed by atoms with Gasteiger partial charge in [0.25, 0.3) is 0 Å². The summed E-state index contributed by atoms with van der Waals surface area (Å²) in [6, 6.07) is 10.4. The van der Waals surface area contributed by atoms with Crippen molar-refractivity contribution in [2.75, 3.05) is 0 Å². The third kappa shape index (κ3) is 3.20. The van der Waals surface area contributed by atoms with Crippen molar-refractivity contribution in [1.82, 2.24) is 20.1 Å². The SMILES string of the molecule is CC(C)NCc1ncc(-c2cnn(-c3ccccc3)c2)o1. The van der Waals surface area contributed by atoms with Gasteiger partial charge in [-0.25, -0.2) is 9.67 Å². The summed E-state index contributed by atoms with van der Waals surface area (Å²) in [5.41, 5.74) is 1.94. The molecule has 0 spiro atoms. The van der Waals surface area contributed by atoms with E-state index < -0.39 is 0 Å². The van der Waals surface area contributed by atoms with Crippen LogP contribution in [0.2, 0.25) is 0 Å². The van der Waals surface area contributed by atoms with Crippen LogP contribution in [0.25, 0.3) is 17.0 Å². The summed E-state index contributed by atoms with van der Waals surface area (Å²) in [4.78, 5) is 4.28. The predicted octanol–water partition coefficient (Wildman–Crippen LogP) is 3.03. The first kappa shape index (κ1) is 13.6. The van der Waals surface area contributed by atoms with Crippen molar-refractivity contribution in [2.24, 2.45) is 0 Å². The summed E-state index contributed by atoms with van der Waals surface area (Å²) < 4.78 is 7.57. The highest BCUT2D eigenvalue weighted by molar-refractivity contribution is 5.54. The van der Waals surface area contributed by atoms with E-state index in [0.717, 1.165) is 17.0 Å². The van der Waals surface area contributed by atoms with E-state index in [-0.39, 0.29) is 0 Å². The maximum atomic E-state index is 5.74. The van der Waals surface area contributed by atoms with Gasteiger partial charge in [0, 0.05) is 12.2 Å². The number of aromatic nitrogens is 3. The molecule has 0 saturated carbocycles. The number of rotatable bonds is 5. The third-order valence-corrected chi connectivity index (χ3v) is 3.10. The summed E-state index contributed by atoms with van der Waals surface area (Å²) in [7, 11) is 0. The predicted molar refractivity (Wildman–Crippen MR) is 81.0 cm³/mol. The Hall–Kier alpha value is -2.40. The molecule has 0 amide bonds. The summed E-state index contributed by atoms with van der Waals surface area (Å²) in [5.74, 6) is 1.42. The van der Waals surface area contributed by atoms with E-state index in [0.29, 0.717) is 18.5 Å². The molecule has 1 N–H and O–H groups in total. The maximum Gasteiger partial charge on any atom is 0.208 e. The Morgan fingerprint density at radius 2 is 2.00 bits per heavy atom. The van der Waals surface area contributed by atoms with Crippen LogP contribution in [-0.2, 0) is 6.54 Å². The van der Waals surface area contributed by atoms with Crippen molar-refractivity contribution in [2.45, 2.75) is 26.4 Å². The molecule has 5 heteroatoms. The second-order valence-corrected chi connectivity index (χ2v) is 5.16. The number of hydrogen-bond donors (Lipinski definition) is 1. The summed E-state index contributed by atoms with van der Waals surface area (Å²) >= 11 is 0. The molecule has 21 heavy (non-hydrogen) atoms. The molecule has 3 rings (SSSR count). The molecular weight excluding hydrogens is 264 g/mol. The van der Waals surface area contributed by atoms with Gasteiger partial charge in [-0.05, 0) is 12.1 Å². The van der Waals surface area contributed by atoms with Gasteiger partial charge in [0.15, 0.2) is 5.76 Å². The molecule has 0 fully saturated rings. The highest BCUT2D eigenvalue weighted by Gasteiger charge is 2.09. The number of para-hydroxylation sites is 1. The van der Waals surface area contributed by atoms with Gasteiger partial charge in [0.2, 0.25) is 5.89 Å². The van der Waals surface area contributed by atoms with Crippen molar-refractivity contribution in [3.05, 3.63) is 54.8 Å². The summed E-state index contributed by atoms with van der Waals surface area (Å²) in [6.07, 6.45) is 5.46. The zero-order chi connectivity index (χ0) is 14.7. The number of oxazole rings is 1. The molecule has 2 heterocycles. The molecular formula is C16H18N4O. The Bertz CT molecular complexity index is 700. The van der Waals surface area contributed by atoms with E-state index in [9.17, 15) is 0 Å². The lowest BCUT2D eigenvalue weighted by Crippen LogP contribution is -2.21. The van der Waals surface area contributed by atoms with Crippen LogP contribution in [0.4, 0.5) is 0 Å². The van der Waals surface area contributed by atoms with Crippen LogP contribution in [0, 0.1) is 0 Å². The second-order valence-electron chi connectivity index (χ2n) is 5.16. The van der Waals surface area contributed by atoms with E-state index >= 15 is 0 Å². The summed E-state index contributed by atoms with van der Waals surface area (Å²) in [5, 5.41) is 7.64. The van der Waals surface area contributed by atoms with Gasteiger partial charge < -0.3 is 9.73 Å². The van der Waals surface area contributed by atoms with Gasteiger partial charge in [-0.15, -0.1) is 0 Å². The van der Waals surface area contributed by atoms with E-state index in [4.69, 9.17) is 4.42 Å². The minimum absolute atomic E-state index is 0.404. The number of nitrogens with one attached hydrogen (secondary N) is 1. The van der Waals surface area contributed by atoms with Gasteiger partial charge in [-0.1, -0.05) is 32.0 Å². The van der Waals surface area contributed by atoms with Gasteiger partial charge in [-0.3, -0.25) is 0 Å². The first-order chi connectivity index (χ1) is 10.2. The molecule has 2 aromatic heterocycles. The fourth-order valence-corrected chi connectivity index (χ4v) is 1.99. The molecule has 0 aliphatic carbocycles. The molecule has 0 radical (unpaired) electrons. The molecule has 0 atom stereocenters. The van der Waals surface area contributed by atoms with Crippen LogP contribution in [-0.4, -0.2) is 20.8 Å². The highest BCUT2D eigenvalue weighted by Crippen LogP contribution is 2.21. The molecule has 3 aromatic rings. The largest absolute Gasteiger partial charge is 0.439 e. The van der Waals surface area contributed by atoms with E-state index in [2.05, 4.69) is 29.2 Å². The second kappa shape index (κ2) is 5.93. The molecule has 1 aromatic carbocycles. The minimum atomic E-state index is 0.404. The van der Waals surface area contributed by atoms with Crippen LogP contribution in [0.1, 0.15) is 19.7 Å². The molecule has 0 bridgehead atoms. The lowest BCUT2D eigenvalue weighted by atomic mass is 10.3. The lowest BCUT2D eigenvalue weighted by molar-refractivity contribution is 0.459. The Morgan fingerprint density at radius 3 is 2.76 bits per heavy atom. The van der Waals surface area contributed by atoms with E-state index in [1.165, 1.54) is 0 Å². The van der Waals surface area contributed by atoms with Crippen molar-refractivity contribution in [1.29, 1.82) is 0 Å². The maximum absolute atomic E-state index is 5.74. The zero-order valence-corrected chi connectivity index (χ0v) is 12.2. The van der Waals surface area contributed by atoms with Crippen LogP contribution in [0.15, 0.2) is 53.3 Å². The Kier molecular flexibility index (Phi) is 3.83. The number of hydrogen-bond acceptors (Lipinski definition) is 4.